The zero-order chi connectivity index (χ0) is 11.2. The van der Waals surface area contributed by atoms with E-state index in [1.165, 1.54) is 4.88 Å². The van der Waals surface area contributed by atoms with Crippen molar-refractivity contribution in [2.24, 2.45) is 0 Å². The van der Waals surface area contributed by atoms with Gasteiger partial charge in [-0.05, 0) is 43.2 Å². The lowest BCUT2D eigenvalue weighted by atomic mass is 10.1. The molecular formula is C13H16O2S. The molecule has 0 bridgehead atoms. The Labute approximate surface area is 99.9 Å². The Hall–Kier alpha value is -1.09. The molecule has 0 saturated heterocycles. The molecule has 0 unspecified atom stereocenters. The van der Waals surface area contributed by atoms with Gasteiger partial charge in [0.2, 0.25) is 0 Å². The van der Waals surface area contributed by atoms with Gasteiger partial charge in [0, 0.05) is 11.3 Å². The minimum Gasteiger partial charge on any atom is -0.490 e. The highest BCUT2D eigenvalue weighted by molar-refractivity contribution is 7.09. The van der Waals surface area contributed by atoms with Crippen LogP contribution in [0.2, 0.25) is 0 Å². The molecule has 2 rings (SSSR count). The first-order valence-electron chi connectivity index (χ1n) is 5.75. The minimum absolute atomic E-state index is 0.163. The average Bonchev–Trinajstić information content (AvgIpc) is 2.83. The van der Waals surface area contributed by atoms with E-state index >= 15 is 0 Å². The average molecular weight is 236 g/mol. The lowest BCUT2D eigenvalue weighted by molar-refractivity contribution is -0.119. The van der Waals surface area contributed by atoms with Crippen molar-refractivity contribution in [3.63, 3.8) is 0 Å². The maximum atomic E-state index is 11.7. The van der Waals surface area contributed by atoms with Gasteiger partial charge in [0.05, 0.1) is 6.61 Å². The summed E-state index contributed by atoms with van der Waals surface area (Å²) in [6.45, 7) is 0.697. The van der Waals surface area contributed by atoms with Crippen molar-refractivity contribution in [2.75, 3.05) is 6.61 Å². The molecule has 2 nitrogen and oxygen atoms in total. The number of Topliss-reactive ketones (excluding diaryl/α,β-unsaturated/α-hetero) is 1. The van der Waals surface area contributed by atoms with Gasteiger partial charge >= 0.3 is 0 Å². The highest BCUT2D eigenvalue weighted by Gasteiger charge is 2.13. The molecule has 1 aromatic rings. The number of carbonyl (C=O) groups excluding carboxylic acids is 1. The fraction of sp³-hybridized carbons (Fsp3) is 0.462. The van der Waals surface area contributed by atoms with Gasteiger partial charge < -0.3 is 4.74 Å². The second kappa shape index (κ2) is 5.85. The molecule has 16 heavy (non-hydrogen) atoms. The molecule has 0 aromatic carbocycles. The lowest BCUT2D eigenvalue weighted by Crippen LogP contribution is -2.11. The number of thiophene rings is 1. The van der Waals surface area contributed by atoms with Gasteiger partial charge in [-0.1, -0.05) is 6.07 Å². The SMILES string of the molecule is O=C(CCCc1cccs1)C1=CCCCO1. The predicted molar refractivity (Wildman–Crippen MR) is 65.5 cm³/mol. The molecule has 0 spiro atoms. The molecule has 0 amide bonds. The smallest absolute Gasteiger partial charge is 0.197 e. The maximum absolute atomic E-state index is 11.7. The van der Waals surface area contributed by atoms with Gasteiger partial charge in [-0.15, -0.1) is 11.3 Å². The van der Waals surface area contributed by atoms with Crippen LogP contribution >= 0.6 is 11.3 Å². The van der Waals surface area contributed by atoms with Crippen molar-refractivity contribution >= 4 is 17.1 Å². The number of allylic oxidation sites excluding steroid dienone is 2. The fourth-order valence-corrected chi connectivity index (χ4v) is 2.50. The van der Waals surface area contributed by atoms with Crippen LogP contribution in [-0.2, 0) is 16.0 Å². The van der Waals surface area contributed by atoms with Crippen molar-refractivity contribution < 1.29 is 9.53 Å². The molecule has 0 radical (unpaired) electrons. The Morgan fingerprint density at radius 1 is 1.50 bits per heavy atom. The van der Waals surface area contributed by atoms with Crippen LogP contribution in [0.1, 0.15) is 30.6 Å². The normalized spacial score (nSPS) is 15.4. The summed E-state index contributed by atoms with van der Waals surface area (Å²) >= 11 is 1.75. The summed E-state index contributed by atoms with van der Waals surface area (Å²) in [6, 6.07) is 4.17. The Morgan fingerprint density at radius 3 is 3.12 bits per heavy atom. The summed E-state index contributed by atoms with van der Waals surface area (Å²) in [5.74, 6) is 0.758. The molecule has 0 fully saturated rings. The van der Waals surface area contributed by atoms with Gasteiger partial charge in [0.25, 0.3) is 0 Å². The van der Waals surface area contributed by atoms with Gasteiger partial charge in [-0.3, -0.25) is 4.79 Å². The van der Waals surface area contributed by atoms with E-state index in [0.29, 0.717) is 18.8 Å². The molecule has 86 valence electrons. The number of hydrogen-bond acceptors (Lipinski definition) is 3. The summed E-state index contributed by atoms with van der Waals surface area (Å²) < 4.78 is 5.34. The van der Waals surface area contributed by atoms with Gasteiger partial charge in [0.1, 0.15) is 0 Å². The maximum Gasteiger partial charge on any atom is 0.197 e. The van der Waals surface area contributed by atoms with Crippen LogP contribution in [0.5, 0.6) is 0 Å². The summed E-state index contributed by atoms with van der Waals surface area (Å²) in [4.78, 5) is 13.1. The molecule has 2 heterocycles. The molecule has 3 heteroatoms. The summed E-state index contributed by atoms with van der Waals surface area (Å²) in [5.41, 5.74) is 0. The Bertz CT molecular complexity index is 365. The second-order valence-electron chi connectivity index (χ2n) is 3.92. The molecule has 0 N–H and O–H groups in total. The van der Waals surface area contributed by atoms with E-state index in [9.17, 15) is 4.79 Å². The second-order valence-corrected chi connectivity index (χ2v) is 4.95. The van der Waals surface area contributed by atoms with E-state index in [4.69, 9.17) is 4.74 Å². The molecule has 0 atom stereocenters. The van der Waals surface area contributed by atoms with Crippen LogP contribution < -0.4 is 0 Å². The topological polar surface area (TPSA) is 26.3 Å². The third-order valence-electron chi connectivity index (χ3n) is 2.62. The van der Waals surface area contributed by atoms with Crippen molar-refractivity contribution in [1.29, 1.82) is 0 Å². The van der Waals surface area contributed by atoms with Crippen molar-refractivity contribution in [3.8, 4) is 0 Å². The van der Waals surface area contributed by atoms with Crippen LogP contribution in [0.4, 0.5) is 0 Å². The summed E-state index contributed by atoms with van der Waals surface area (Å²) in [6.07, 6.45) is 6.45. The quantitative estimate of drug-likeness (QED) is 0.783. The standard InChI is InChI=1S/C13H16O2S/c14-12(13-8-1-2-9-15-13)7-3-5-11-6-4-10-16-11/h4,6,8,10H,1-3,5,7,9H2. The van der Waals surface area contributed by atoms with Crippen molar-refractivity contribution in [3.05, 3.63) is 34.2 Å². The number of aryl methyl sites for hydroxylation is 1. The van der Waals surface area contributed by atoms with Crippen LogP contribution in [0.25, 0.3) is 0 Å². The van der Waals surface area contributed by atoms with Crippen LogP contribution in [0, 0.1) is 0 Å². The van der Waals surface area contributed by atoms with E-state index in [1.807, 2.05) is 6.08 Å². The number of carbonyl (C=O) groups is 1. The van der Waals surface area contributed by atoms with Crippen LogP contribution in [0.15, 0.2) is 29.3 Å². The Balaban J connectivity index is 1.73. The molecular weight excluding hydrogens is 220 g/mol. The van der Waals surface area contributed by atoms with E-state index in [1.54, 1.807) is 11.3 Å². The zero-order valence-corrected chi connectivity index (χ0v) is 10.1. The van der Waals surface area contributed by atoms with E-state index in [-0.39, 0.29) is 5.78 Å². The molecule has 1 aromatic heterocycles. The zero-order valence-electron chi connectivity index (χ0n) is 9.28. The summed E-state index contributed by atoms with van der Waals surface area (Å²) in [7, 11) is 0. The Kier molecular flexibility index (Phi) is 4.17. The van der Waals surface area contributed by atoms with E-state index < -0.39 is 0 Å². The largest absolute Gasteiger partial charge is 0.490 e. The first kappa shape index (κ1) is 11.4. The molecule has 1 aliphatic rings. The molecule has 0 saturated carbocycles. The van der Waals surface area contributed by atoms with E-state index in [0.717, 1.165) is 25.7 Å². The highest BCUT2D eigenvalue weighted by Crippen LogP contribution is 2.16. The third kappa shape index (κ3) is 3.20. The van der Waals surface area contributed by atoms with Gasteiger partial charge in [-0.2, -0.15) is 0 Å². The molecule has 1 aliphatic heterocycles. The lowest BCUT2D eigenvalue weighted by Gasteiger charge is -2.13. The monoisotopic (exact) mass is 236 g/mol. The minimum atomic E-state index is 0.163. The van der Waals surface area contributed by atoms with Crippen molar-refractivity contribution in [2.45, 2.75) is 32.1 Å². The van der Waals surface area contributed by atoms with Crippen LogP contribution in [0.3, 0.4) is 0 Å². The summed E-state index contributed by atoms with van der Waals surface area (Å²) in [5, 5.41) is 2.07. The predicted octanol–water partition coefficient (Wildman–Crippen LogP) is 3.33. The van der Waals surface area contributed by atoms with Gasteiger partial charge in [0.15, 0.2) is 11.5 Å². The Morgan fingerprint density at radius 2 is 2.44 bits per heavy atom. The first-order valence-corrected chi connectivity index (χ1v) is 6.63. The van der Waals surface area contributed by atoms with E-state index in [2.05, 4.69) is 17.5 Å². The van der Waals surface area contributed by atoms with Crippen molar-refractivity contribution in [1.82, 2.24) is 0 Å². The number of ether oxygens (including phenoxy) is 1. The number of hydrogen-bond donors (Lipinski definition) is 0. The third-order valence-corrected chi connectivity index (χ3v) is 3.55. The number of rotatable bonds is 5. The van der Waals surface area contributed by atoms with Crippen LogP contribution in [-0.4, -0.2) is 12.4 Å². The number of ketones is 1. The molecule has 0 aliphatic carbocycles. The van der Waals surface area contributed by atoms with Gasteiger partial charge in [-0.25, -0.2) is 0 Å². The highest BCUT2D eigenvalue weighted by atomic mass is 32.1. The fourth-order valence-electron chi connectivity index (χ4n) is 1.75. The first-order chi connectivity index (χ1) is 7.86.